The van der Waals surface area contributed by atoms with Crippen LogP contribution in [0.1, 0.15) is 57.3 Å². The van der Waals surface area contributed by atoms with Gasteiger partial charge in [-0.1, -0.05) is 27.7 Å². The summed E-state index contributed by atoms with van der Waals surface area (Å²) in [6, 6.07) is 5.25. The first-order chi connectivity index (χ1) is 9.58. The third-order valence-corrected chi connectivity index (χ3v) is 4.76. The van der Waals surface area contributed by atoms with Crippen molar-refractivity contribution in [3.8, 4) is 5.75 Å². The van der Waals surface area contributed by atoms with E-state index in [4.69, 9.17) is 0 Å². The molecule has 21 heavy (non-hydrogen) atoms. The molecule has 1 aromatic rings. The van der Waals surface area contributed by atoms with Gasteiger partial charge in [0, 0.05) is 9.61 Å². The molecule has 0 atom stereocenters. The highest BCUT2D eigenvalue weighted by atomic mass is 127. The van der Waals surface area contributed by atoms with E-state index in [-0.39, 0.29) is 28.5 Å². The van der Waals surface area contributed by atoms with Gasteiger partial charge in [-0.15, -0.1) is 0 Å². The normalized spacial score (nSPS) is 21.0. The molecule has 0 radical (unpaired) electrons. The molecule has 0 aliphatic heterocycles. The summed E-state index contributed by atoms with van der Waals surface area (Å²) < 4.78 is 0.944. The molecule has 0 aromatic heterocycles. The zero-order valence-electron chi connectivity index (χ0n) is 13.2. The number of benzene rings is 1. The summed E-state index contributed by atoms with van der Waals surface area (Å²) in [5.41, 5.74) is 0.822. The summed E-state index contributed by atoms with van der Waals surface area (Å²) in [7, 11) is 0. The molecule has 1 aliphatic carbocycles. The zero-order valence-corrected chi connectivity index (χ0v) is 15.3. The van der Waals surface area contributed by atoms with Crippen molar-refractivity contribution >= 4 is 28.5 Å². The molecular formula is C17H24INO2. The van der Waals surface area contributed by atoms with Crippen LogP contribution in [0.2, 0.25) is 0 Å². The number of amides is 1. The lowest BCUT2D eigenvalue weighted by molar-refractivity contribution is 0.0712. The van der Waals surface area contributed by atoms with Gasteiger partial charge in [-0.3, -0.25) is 4.79 Å². The van der Waals surface area contributed by atoms with Crippen LogP contribution < -0.4 is 5.32 Å². The summed E-state index contributed by atoms with van der Waals surface area (Å²) in [6.07, 6.45) is 3.13. The van der Waals surface area contributed by atoms with Gasteiger partial charge in [-0.25, -0.2) is 0 Å². The SMILES string of the molecule is CC1(C)CC(NC(=O)c2cc(I)ccc2O)CC(C)(C)C1. The van der Waals surface area contributed by atoms with Crippen molar-refractivity contribution in [3.63, 3.8) is 0 Å². The Hall–Kier alpha value is -0.780. The first-order valence-corrected chi connectivity index (χ1v) is 8.45. The average molecular weight is 401 g/mol. The monoisotopic (exact) mass is 401 g/mol. The van der Waals surface area contributed by atoms with Crippen LogP contribution in [0.15, 0.2) is 18.2 Å². The number of carbonyl (C=O) groups excluding carboxylic acids is 1. The molecule has 1 saturated carbocycles. The first-order valence-electron chi connectivity index (χ1n) is 7.37. The van der Waals surface area contributed by atoms with Crippen molar-refractivity contribution in [1.82, 2.24) is 5.32 Å². The molecule has 2 N–H and O–H groups in total. The van der Waals surface area contributed by atoms with Gasteiger partial charge in [0.15, 0.2) is 0 Å². The Bertz CT molecular complexity index is 536. The number of hydrogen-bond donors (Lipinski definition) is 2. The molecule has 0 saturated heterocycles. The highest BCUT2D eigenvalue weighted by Gasteiger charge is 2.39. The predicted molar refractivity (Wildman–Crippen MR) is 93.5 cm³/mol. The predicted octanol–water partition coefficient (Wildman–Crippen LogP) is 4.33. The second-order valence-electron chi connectivity index (χ2n) is 7.75. The molecular weight excluding hydrogens is 377 g/mol. The lowest BCUT2D eigenvalue weighted by atomic mass is 9.63. The average Bonchev–Trinajstić information content (AvgIpc) is 2.27. The fraction of sp³-hybridized carbons (Fsp3) is 0.588. The Kier molecular flexibility index (Phi) is 4.57. The van der Waals surface area contributed by atoms with E-state index in [0.717, 1.165) is 16.4 Å². The lowest BCUT2D eigenvalue weighted by Gasteiger charge is -2.45. The van der Waals surface area contributed by atoms with Gasteiger partial charge in [-0.2, -0.15) is 0 Å². The van der Waals surface area contributed by atoms with Crippen LogP contribution in [0.5, 0.6) is 5.75 Å². The second kappa shape index (κ2) is 5.78. The van der Waals surface area contributed by atoms with Crippen molar-refractivity contribution in [3.05, 3.63) is 27.3 Å². The molecule has 1 aromatic carbocycles. The number of nitrogens with one attached hydrogen (secondary N) is 1. The molecule has 0 unspecified atom stereocenters. The van der Waals surface area contributed by atoms with Crippen LogP contribution >= 0.6 is 22.6 Å². The van der Waals surface area contributed by atoms with Gasteiger partial charge < -0.3 is 10.4 Å². The molecule has 4 heteroatoms. The van der Waals surface area contributed by atoms with Gasteiger partial charge >= 0.3 is 0 Å². The topological polar surface area (TPSA) is 49.3 Å². The van der Waals surface area contributed by atoms with Crippen molar-refractivity contribution in [2.75, 3.05) is 0 Å². The number of carbonyl (C=O) groups is 1. The smallest absolute Gasteiger partial charge is 0.255 e. The minimum absolute atomic E-state index is 0.0437. The summed E-state index contributed by atoms with van der Waals surface area (Å²) in [5, 5.41) is 13.0. The molecule has 1 amide bonds. The number of phenolic OH excluding ortho intramolecular Hbond substituents is 1. The number of aromatic hydroxyl groups is 1. The number of phenols is 1. The minimum Gasteiger partial charge on any atom is -0.507 e. The van der Waals surface area contributed by atoms with Crippen LogP contribution in [-0.2, 0) is 0 Å². The fourth-order valence-electron chi connectivity index (χ4n) is 3.90. The molecule has 3 nitrogen and oxygen atoms in total. The van der Waals surface area contributed by atoms with Gasteiger partial charge in [0.05, 0.1) is 5.56 Å². The second-order valence-corrected chi connectivity index (χ2v) is 8.99. The molecule has 0 bridgehead atoms. The molecule has 2 rings (SSSR count). The van der Waals surface area contributed by atoms with E-state index in [1.807, 2.05) is 0 Å². The summed E-state index contributed by atoms with van der Waals surface area (Å²) >= 11 is 2.15. The molecule has 116 valence electrons. The van der Waals surface area contributed by atoms with E-state index in [1.165, 1.54) is 6.42 Å². The Morgan fingerprint density at radius 3 is 2.38 bits per heavy atom. The Morgan fingerprint density at radius 1 is 1.24 bits per heavy atom. The Labute approximate surface area is 140 Å². The summed E-state index contributed by atoms with van der Waals surface area (Å²) in [6.45, 7) is 9.04. The van der Waals surface area contributed by atoms with Crippen molar-refractivity contribution in [2.45, 2.75) is 53.0 Å². The molecule has 0 spiro atoms. The van der Waals surface area contributed by atoms with Gasteiger partial charge in [0.25, 0.3) is 5.91 Å². The first kappa shape index (κ1) is 16.6. The van der Waals surface area contributed by atoms with Crippen LogP contribution in [-0.4, -0.2) is 17.1 Å². The van der Waals surface area contributed by atoms with Crippen molar-refractivity contribution < 1.29 is 9.90 Å². The van der Waals surface area contributed by atoms with Crippen LogP contribution in [0, 0.1) is 14.4 Å². The standard InChI is InChI=1S/C17H24INO2/c1-16(2)8-12(9-17(3,4)10-16)19-15(21)13-7-11(18)5-6-14(13)20/h5-7,12,20H,8-10H2,1-4H3,(H,19,21). The number of hydrogen-bond acceptors (Lipinski definition) is 2. The van der Waals surface area contributed by atoms with E-state index >= 15 is 0 Å². The van der Waals surface area contributed by atoms with E-state index in [2.05, 4.69) is 55.6 Å². The number of rotatable bonds is 2. The van der Waals surface area contributed by atoms with E-state index in [1.54, 1.807) is 18.2 Å². The van der Waals surface area contributed by atoms with Crippen LogP contribution in [0.3, 0.4) is 0 Å². The maximum Gasteiger partial charge on any atom is 0.255 e. The Morgan fingerprint density at radius 2 is 1.81 bits per heavy atom. The molecule has 0 heterocycles. The third-order valence-electron chi connectivity index (χ3n) is 4.09. The van der Waals surface area contributed by atoms with Gasteiger partial charge in [0.2, 0.25) is 0 Å². The zero-order chi connectivity index (χ0) is 15.8. The summed E-state index contributed by atoms with van der Waals surface area (Å²) in [5.74, 6) is -0.133. The van der Waals surface area contributed by atoms with Crippen molar-refractivity contribution in [1.29, 1.82) is 0 Å². The van der Waals surface area contributed by atoms with Gasteiger partial charge in [-0.05, 0) is 70.9 Å². The van der Waals surface area contributed by atoms with E-state index < -0.39 is 0 Å². The highest BCUT2D eigenvalue weighted by Crippen LogP contribution is 2.45. The third kappa shape index (κ3) is 4.34. The molecule has 1 fully saturated rings. The quantitative estimate of drug-likeness (QED) is 0.725. The summed E-state index contributed by atoms with van der Waals surface area (Å²) in [4.78, 5) is 12.4. The highest BCUT2D eigenvalue weighted by molar-refractivity contribution is 14.1. The van der Waals surface area contributed by atoms with Crippen LogP contribution in [0.4, 0.5) is 0 Å². The maximum atomic E-state index is 12.4. The van der Waals surface area contributed by atoms with Crippen LogP contribution in [0.25, 0.3) is 0 Å². The van der Waals surface area contributed by atoms with Crippen molar-refractivity contribution in [2.24, 2.45) is 10.8 Å². The maximum absolute atomic E-state index is 12.4. The lowest BCUT2D eigenvalue weighted by Crippen LogP contribution is -2.46. The fourth-order valence-corrected chi connectivity index (χ4v) is 4.39. The Balaban J connectivity index is 2.14. The van der Waals surface area contributed by atoms with E-state index in [9.17, 15) is 9.90 Å². The van der Waals surface area contributed by atoms with E-state index in [0.29, 0.717) is 5.56 Å². The van der Waals surface area contributed by atoms with Gasteiger partial charge in [0.1, 0.15) is 5.75 Å². The molecule has 1 aliphatic rings. The number of halogens is 1. The minimum atomic E-state index is -0.176. The largest absolute Gasteiger partial charge is 0.507 e.